The number of hydrogen-bond donors (Lipinski definition) is 1. The van der Waals surface area contributed by atoms with Gasteiger partial charge in [-0.15, -0.1) is 0 Å². The SMILES string of the molecule is CC(=O)N1CCN(C(=O)c2c(C)cc(C)[nH]c2=O)[C@H]2CS(=O)(=O)C[C@H]21. The lowest BCUT2D eigenvalue weighted by Gasteiger charge is -2.43. The zero-order valence-electron chi connectivity index (χ0n) is 14.4. The number of H-pyrrole nitrogens is 1. The lowest BCUT2D eigenvalue weighted by Crippen LogP contribution is -2.62. The molecule has 136 valence electrons. The van der Waals surface area contributed by atoms with E-state index in [0.29, 0.717) is 11.3 Å². The molecule has 25 heavy (non-hydrogen) atoms. The number of sulfone groups is 1. The smallest absolute Gasteiger partial charge is 0.261 e. The number of nitrogens with zero attached hydrogens (tertiary/aromatic N) is 2. The second-order valence-corrected chi connectivity index (χ2v) is 8.92. The van der Waals surface area contributed by atoms with E-state index in [1.165, 1.54) is 16.7 Å². The van der Waals surface area contributed by atoms with Gasteiger partial charge in [-0.3, -0.25) is 14.4 Å². The van der Waals surface area contributed by atoms with Gasteiger partial charge in [0.2, 0.25) is 5.91 Å². The number of aryl methyl sites for hydroxylation is 2. The van der Waals surface area contributed by atoms with Gasteiger partial charge in [0, 0.05) is 25.7 Å². The minimum atomic E-state index is -3.34. The molecule has 2 atom stereocenters. The zero-order chi connectivity index (χ0) is 18.5. The first-order valence-electron chi connectivity index (χ1n) is 8.10. The predicted molar refractivity (Wildman–Crippen MR) is 91.2 cm³/mol. The van der Waals surface area contributed by atoms with Crippen LogP contribution in [0.4, 0.5) is 0 Å². The molecule has 0 aliphatic carbocycles. The van der Waals surface area contributed by atoms with Crippen molar-refractivity contribution in [3.63, 3.8) is 0 Å². The number of nitrogens with one attached hydrogen (secondary N) is 1. The summed E-state index contributed by atoms with van der Waals surface area (Å²) in [6.07, 6.45) is 0. The summed E-state index contributed by atoms with van der Waals surface area (Å²) in [5.74, 6) is -1.02. The zero-order valence-corrected chi connectivity index (χ0v) is 15.2. The fourth-order valence-electron chi connectivity index (χ4n) is 3.86. The lowest BCUT2D eigenvalue weighted by atomic mass is 10.0. The Balaban J connectivity index is 2.00. The maximum absolute atomic E-state index is 13.0. The Labute approximate surface area is 145 Å². The number of aromatic nitrogens is 1. The highest BCUT2D eigenvalue weighted by atomic mass is 32.2. The van der Waals surface area contributed by atoms with Crippen molar-refractivity contribution in [2.24, 2.45) is 0 Å². The van der Waals surface area contributed by atoms with Crippen molar-refractivity contribution in [2.75, 3.05) is 24.6 Å². The summed E-state index contributed by atoms with van der Waals surface area (Å²) in [5, 5.41) is 0. The van der Waals surface area contributed by atoms with Gasteiger partial charge < -0.3 is 14.8 Å². The Kier molecular flexibility index (Phi) is 4.22. The number of piperazine rings is 1. The van der Waals surface area contributed by atoms with E-state index in [0.717, 1.165) is 0 Å². The Morgan fingerprint density at radius 2 is 1.68 bits per heavy atom. The Morgan fingerprint density at radius 3 is 2.24 bits per heavy atom. The lowest BCUT2D eigenvalue weighted by molar-refractivity contribution is -0.133. The molecule has 0 radical (unpaired) electrons. The maximum atomic E-state index is 13.0. The highest BCUT2D eigenvalue weighted by Crippen LogP contribution is 2.28. The van der Waals surface area contributed by atoms with Crippen LogP contribution in [0, 0.1) is 13.8 Å². The number of pyridine rings is 1. The minimum Gasteiger partial charge on any atom is -0.335 e. The van der Waals surface area contributed by atoms with E-state index in [4.69, 9.17) is 0 Å². The molecule has 1 N–H and O–H groups in total. The van der Waals surface area contributed by atoms with Gasteiger partial charge in [0.25, 0.3) is 11.5 Å². The maximum Gasteiger partial charge on any atom is 0.261 e. The Bertz CT molecular complexity index is 905. The summed E-state index contributed by atoms with van der Waals surface area (Å²) in [6.45, 7) is 5.29. The average molecular weight is 367 g/mol. The van der Waals surface area contributed by atoms with Crippen molar-refractivity contribution in [1.29, 1.82) is 0 Å². The van der Waals surface area contributed by atoms with E-state index in [1.54, 1.807) is 19.9 Å². The van der Waals surface area contributed by atoms with Crippen molar-refractivity contribution >= 4 is 21.7 Å². The van der Waals surface area contributed by atoms with E-state index in [2.05, 4.69) is 4.98 Å². The number of amides is 2. The molecule has 3 heterocycles. The molecule has 0 saturated carbocycles. The summed E-state index contributed by atoms with van der Waals surface area (Å²) in [7, 11) is -3.34. The molecule has 2 aliphatic heterocycles. The van der Waals surface area contributed by atoms with E-state index in [-0.39, 0.29) is 36.1 Å². The Morgan fingerprint density at radius 1 is 1.12 bits per heavy atom. The topological polar surface area (TPSA) is 108 Å². The van der Waals surface area contributed by atoms with Crippen LogP contribution in [0.2, 0.25) is 0 Å². The third-order valence-corrected chi connectivity index (χ3v) is 6.62. The van der Waals surface area contributed by atoms with Crippen LogP contribution in [0.5, 0.6) is 0 Å². The number of carbonyl (C=O) groups excluding carboxylic acids is 2. The molecule has 9 heteroatoms. The number of carbonyl (C=O) groups is 2. The van der Waals surface area contributed by atoms with Crippen LogP contribution in [-0.4, -0.2) is 71.7 Å². The molecule has 0 bridgehead atoms. The highest BCUT2D eigenvalue weighted by Gasteiger charge is 2.49. The number of rotatable bonds is 1. The van der Waals surface area contributed by atoms with Crippen LogP contribution in [0.3, 0.4) is 0 Å². The van der Waals surface area contributed by atoms with E-state index < -0.39 is 33.4 Å². The average Bonchev–Trinajstić information content (AvgIpc) is 2.79. The van der Waals surface area contributed by atoms with Crippen molar-refractivity contribution < 1.29 is 18.0 Å². The van der Waals surface area contributed by atoms with Crippen LogP contribution in [0.15, 0.2) is 10.9 Å². The largest absolute Gasteiger partial charge is 0.335 e. The molecular formula is C16H21N3O5S. The van der Waals surface area contributed by atoms with Gasteiger partial charge in [-0.25, -0.2) is 8.42 Å². The first-order chi connectivity index (χ1) is 11.6. The van der Waals surface area contributed by atoms with Crippen molar-refractivity contribution in [1.82, 2.24) is 14.8 Å². The van der Waals surface area contributed by atoms with E-state index >= 15 is 0 Å². The number of aromatic amines is 1. The molecule has 0 spiro atoms. The second kappa shape index (κ2) is 5.98. The molecule has 1 aromatic heterocycles. The summed E-state index contributed by atoms with van der Waals surface area (Å²) >= 11 is 0. The third-order valence-electron chi connectivity index (χ3n) is 4.92. The quantitative estimate of drug-likeness (QED) is 0.717. The van der Waals surface area contributed by atoms with Gasteiger partial charge in [0.05, 0.1) is 23.6 Å². The number of hydrogen-bond acceptors (Lipinski definition) is 5. The summed E-state index contributed by atoms with van der Waals surface area (Å²) in [6, 6.07) is 0.545. The molecule has 0 unspecified atom stereocenters. The van der Waals surface area contributed by atoms with Crippen LogP contribution >= 0.6 is 0 Å². The standard InChI is InChI=1S/C16H21N3O5S/c1-9-6-10(2)17-15(21)14(9)16(22)19-5-4-18(11(3)20)12-7-25(23,24)8-13(12)19/h6,12-13H,4-5,7-8H2,1-3H3,(H,17,21)/t12-,13+/m1/s1. The van der Waals surface area contributed by atoms with E-state index in [9.17, 15) is 22.8 Å². The monoisotopic (exact) mass is 367 g/mol. The van der Waals surface area contributed by atoms with Gasteiger partial charge in [0.1, 0.15) is 5.56 Å². The van der Waals surface area contributed by atoms with Crippen LogP contribution in [0.25, 0.3) is 0 Å². The van der Waals surface area contributed by atoms with Gasteiger partial charge in [0.15, 0.2) is 9.84 Å². The summed E-state index contributed by atoms with van der Waals surface area (Å²) in [5.41, 5.74) is 0.762. The predicted octanol–water partition coefficient (Wildman–Crippen LogP) is -0.538. The van der Waals surface area contributed by atoms with Gasteiger partial charge in [-0.2, -0.15) is 0 Å². The minimum absolute atomic E-state index is 0.0323. The third kappa shape index (κ3) is 3.08. The molecule has 1 aromatic rings. The van der Waals surface area contributed by atoms with Gasteiger partial charge in [-0.05, 0) is 25.5 Å². The fourth-order valence-corrected chi connectivity index (χ4v) is 5.84. The van der Waals surface area contributed by atoms with Crippen LogP contribution in [0.1, 0.15) is 28.5 Å². The van der Waals surface area contributed by atoms with Gasteiger partial charge >= 0.3 is 0 Å². The normalized spacial score (nSPS) is 24.9. The highest BCUT2D eigenvalue weighted by molar-refractivity contribution is 7.91. The molecule has 2 fully saturated rings. The molecular weight excluding hydrogens is 346 g/mol. The molecule has 2 amide bonds. The summed E-state index contributed by atoms with van der Waals surface area (Å²) in [4.78, 5) is 42.6. The fraction of sp³-hybridized carbons (Fsp3) is 0.562. The second-order valence-electron chi connectivity index (χ2n) is 6.76. The molecule has 3 rings (SSSR count). The van der Waals surface area contributed by atoms with Crippen molar-refractivity contribution in [3.05, 3.63) is 33.2 Å². The first kappa shape index (κ1) is 17.7. The molecule has 8 nitrogen and oxygen atoms in total. The molecule has 0 aromatic carbocycles. The van der Waals surface area contributed by atoms with Gasteiger partial charge in [-0.1, -0.05) is 0 Å². The molecule has 2 saturated heterocycles. The first-order valence-corrected chi connectivity index (χ1v) is 9.92. The number of fused-ring (bicyclic) bond motifs is 1. The van der Waals surface area contributed by atoms with Crippen LogP contribution < -0.4 is 5.56 Å². The van der Waals surface area contributed by atoms with Crippen LogP contribution in [-0.2, 0) is 14.6 Å². The van der Waals surface area contributed by atoms with E-state index in [1.807, 2.05) is 0 Å². The molecule has 2 aliphatic rings. The summed E-state index contributed by atoms with van der Waals surface area (Å²) < 4.78 is 24.2. The Hall–Kier alpha value is -2.16. The van der Waals surface area contributed by atoms with Crippen molar-refractivity contribution in [2.45, 2.75) is 32.9 Å². The van der Waals surface area contributed by atoms with Crippen molar-refractivity contribution in [3.8, 4) is 0 Å².